The van der Waals surface area contributed by atoms with E-state index in [0.29, 0.717) is 24.2 Å². The summed E-state index contributed by atoms with van der Waals surface area (Å²) < 4.78 is 0. The van der Waals surface area contributed by atoms with E-state index < -0.39 is 17.9 Å². The topological polar surface area (TPSA) is 86.7 Å². The van der Waals surface area contributed by atoms with Crippen LogP contribution in [0.2, 0.25) is 0 Å². The fourth-order valence-electron chi connectivity index (χ4n) is 3.26. The Kier molecular flexibility index (Phi) is 5.54. The summed E-state index contributed by atoms with van der Waals surface area (Å²) in [6.45, 7) is 2.21. The molecule has 6 heteroatoms. The number of carboxylic acids is 1. The molecular weight excluding hydrogens is 344 g/mol. The third-order valence-electron chi connectivity index (χ3n) is 4.83. The normalized spacial score (nSPS) is 16.0. The number of amides is 2. The standard InChI is InChI=1S/C21H22N2O4/c1-14(21(26)27)19(15-7-3-2-4-8-15)22-20(25)16-9-5-10-17(13-16)23-12-6-11-18(23)24/h2-5,7-10,13-14,19H,6,11-12H2,1H3,(H,22,25)(H,26,27). The minimum absolute atomic E-state index is 0.0502. The number of nitrogens with one attached hydrogen (secondary N) is 1. The molecule has 1 aliphatic heterocycles. The van der Waals surface area contributed by atoms with Crippen molar-refractivity contribution in [3.63, 3.8) is 0 Å². The van der Waals surface area contributed by atoms with Gasteiger partial charge in [-0.1, -0.05) is 36.4 Å². The van der Waals surface area contributed by atoms with Crippen molar-refractivity contribution in [2.75, 3.05) is 11.4 Å². The van der Waals surface area contributed by atoms with Gasteiger partial charge in [0.1, 0.15) is 0 Å². The van der Waals surface area contributed by atoms with Crippen LogP contribution in [0.4, 0.5) is 5.69 Å². The Morgan fingerprint density at radius 1 is 1.11 bits per heavy atom. The number of carboxylic acid groups (broad SMARTS) is 1. The third kappa shape index (κ3) is 4.16. The molecule has 27 heavy (non-hydrogen) atoms. The Balaban J connectivity index is 1.83. The van der Waals surface area contributed by atoms with Gasteiger partial charge in [0.2, 0.25) is 5.91 Å². The molecule has 2 atom stereocenters. The molecule has 0 aromatic heterocycles. The van der Waals surface area contributed by atoms with Crippen LogP contribution in [0.5, 0.6) is 0 Å². The first-order chi connectivity index (χ1) is 13.0. The molecule has 0 spiro atoms. The summed E-state index contributed by atoms with van der Waals surface area (Å²) in [6.07, 6.45) is 1.32. The summed E-state index contributed by atoms with van der Waals surface area (Å²) in [7, 11) is 0. The molecule has 0 saturated carbocycles. The van der Waals surface area contributed by atoms with Crippen molar-refractivity contribution in [3.05, 3.63) is 65.7 Å². The average Bonchev–Trinajstić information content (AvgIpc) is 3.12. The van der Waals surface area contributed by atoms with Crippen LogP contribution >= 0.6 is 0 Å². The predicted molar refractivity (Wildman–Crippen MR) is 101 cm³/mol. The first-order valence-corrected chi connectivity index (χ1v) is 8.96. The van der Waals surface area contributed by atoms with E-state index in [-0.39, 0.29) is 11.8 Å². The highest BCUT2D eigenvalue weighted by Crippen LogP contribution is 2.25. The van der Waals surface area contributed by atoms with Crippen LogP contribution in [0.1, 0.15) is 41.7 Å². The number of carbonyl (C=O) groups excluding carboxylic acids is 2. The first kappa shape index (κ1) is 18.6. The number of benzene rings is 2. The highest BCUT2D eigenvalue weighted by Gasteiger charge is 2.28. The fraction of sp³-hybridized carbons (Fsp3) is 0.286. The van der Waals surface area contributed by atoms with E-state index >= 15 is 0 Å². The van der Waals surface area contributed by atoms with Crippen molar-refractivity contribution in [2.24, 2.45) is 5.92 Å². The highest BCUT2D eigenvalue weighted by atomic mass is 16.4. The molecule has 1 saturated heterocycles. The number of rotatable bonds is 6. The van der Waals surface area contributed by atoms with Gasteiger partial charge in [-0.2, -0.15) is 0 Å². The second kappa shape index (κ2) is 8.03. The van der Waals surface area contributed by atoms with Gasteiger partial charge in [-0.25, -0.2) is 0 Å². The summed E-state index contributed by atoms with van der Waals surface area (Å²) in [4.78, 5) is 37.9. The van der Waals surface area contributed by atoms with Crippen LogP contribution in [-0.4, -0.2) is 29.4 Å². The zero-order valence-electron chi connectivity index (χ0n) is 15.1. The van der Waals surface area contributed by atoms with Crippen LogP contribution < -0.4 is 10.2 Å². The van der Waals surface area contributed by atoms with E-state index in [0.717, 1.165) is 12.0 Å². The van der Waals surface area contributed by atoms with Crippen molar-refractivity contribution >= 4 is 23.5 Å². The lowest BCUT2D eigenvalue weighted by Crippen LogP contribution is -2.35. The quantitative estimate of drug-likeness (QED) is 0.823. The number of carbonyl (C=O) groups is 3. The van der Waals surface area contributed by atoms with Crippen LogP contribution in [0.15, 0.2) is 54.6 Å². The lowest BCUT2D eigenvalue weighted by molar-refractivity contribution is -0.142. The third-order valence-corrected chi connectivity index (χ3v) is 4.83. The van der Waals surface area contributed by atoms with Gasteiger partial charge in [0.25, 0.3) is 5.91 Å². The lowest BCUT2D eigenvalue weighted by atomic mass is 9.94. The Bertz CT molecular complexity index is 850. The summed E-state index contributed by atoms with van der Waals surface area (Å²) in [5.41, 5.74) is 1.81. The Morgan fingerprint density at radius 3 is 2.48 bits per heavy atom. The Labute approximate surface area is 157 Å². The maximum absolute atomic E-state index is 12.8. The summed E-state index contributed by atoms with van der Waals surface area (Å²) in [5, 5.41) is 12.3. The molecule has 1 fully saturated rings. The zero-order chi connectivity index (χ0) is 19.4. The van der Waals surface area contributed by atoms with Crippen molar-refractivity contribution in [2.45, 2.75) is 25.8 Å². The maximum atomic E-state index is 12.8. The van der Waals surface area contributed by atoms with Crippen molar-refractivity contribution in [3.8, 4) is 0 Å². The van der Waals surface area contributed by atoms with Crippen molar-refractivity contribution < 1.29 is 19.5 Å². The highest BCUT2D eigenvalue weighted by molar-refractivity contribution is 5.99. The SMILES string of the molecule is CC(C(=O)O)C(NC(=O)c1cccc(N2CCCC2=O)c1)c1ccccc1. The first-order valence-electron chi connectivity index (χ1n) is 8.96. The van der Waals surface area contributed by atoms with Gasteiger partial charge in [0.05, 0.1) is 12.0 Å². The lowest BCUT2D eigenvalue weighted by Gasteiger charge is -2.23. The van der Waals surface area contributed by atoms with Gasteiger partial charge in [-0.05, 0) is 37.1 Å². The number of nitrogens with zero attached hydrogens (tertiary/aromatic N) is 1. The molecule has 2 aromatic carbocycles. The number of hydrogen-bond acceptors (Lipinski definition) is 3. The molecule has 2 amide bonds. The molecule has 2 unspecified atom stereocenters. The second-order valence-corrected chi connectivity index (χ2v) is 6.69. The smallest absolute Gasteiger partial charge is 0.308 e. The Hall–Kier alpha value is -3.15. The monoisotopic (exact) mass is 366 g/mol. The van der Waals surface area contributed by atoms with Gasteiger partial charge < -0.3 is 15.3 Å². The second-order valence-electron chi connectivity index (χ2n) is 6.69. The van der Waals surface area contributed by atoms with Crippen molar-refractivity contribution in [1.29, 1.82) is 0 Å². The fourth-order valence-corrected chi connectivity index (χ4v) is 3.26. The largest absolute Gasteiger partial charge is 0.481 e. The van der Waals surface area contributed by atoms with Crippen LogP contribution in [0.25, 0.3) is 0 Å². The zero-order valence-corrected chi connectivity index (χ0v) is 15.1. The van der Waals surface area contributed by atoms with Gasteiger partial charge >= 0.3 is 5.97 Å². The minimum Gasteiger partial charge on any atom is -0.481 e. The van der Waals surface area contributed by atoms with Crippen LogP contribution in [0.3, 0.4) is 0 Å². The van der Waals surface area contributed by atoms with Gasteiger partial charge in [0.15, 0.2) is 0 Å². The molecule has 0 bridgehead atoms. The Morgan fingerprint density at radius 2 is 1.85 bits per heavy atom. The van der Waals surface area contributed by atoms with E-state index in [9.17, 15) is 19.5 Å². The molecule has 0 aliphatic carbocycles. The van der Waals surface area contributed by atoms with E-state index in [1.807, 2.05) is 18.2 Å². The number of anilines is 1. The number of aliphatic carboxylic acids is 1. The average molecular weight is 366 g/mol. The van der Waals surface area contributed by atoms with E-state index in [1.54, 1.807) is 48.2 Å². The molecule has 1 aliphatic rings. The van der Waals surface area contributed by atoms with E-state index in [4.69, 9.17) is 0 Å². The molecule has 3 rings (SSSR count). The molecule has 2 aromatic rings. The molecule has 1 heterocycles. The van der Waals surface area contributed by atoms with Crippen molar-refractivity contribution in [1.82, 2.24) is 5.32 Å². The summed E-state index contributed by atoms with van der Waals surface area (Å²) >= 11 is 0. The van der Waals surface area contributed by atoms with E-state index in [2.05, 4.69) is 5.32 Å². The minimum atomic E-state index is -0.986. The van der Waals surface area contributed by atoms with E-state index in [1.165, 1.54) is 0 Å². The molecule has 2 N–H and O–H groups in total. The predicted octanol–water partition coefficient (Wildman–Crippen LogP) is 3.01. The molecule has 6 nitrogen and oxygen atoms in total. The van der Waals surface area contributed by atoms with Crippen LogP contribution in [0, 0.1) is 5.92 Å². The van der Waals surface area contributed by atoms with Gasteiger partial charge in [-0.3, -0.25) is 14.4 Å². The number of hydrogen-bond donors (Lipinski definition) is 2. The summed E-state index contributed by atoms with van der Waals surface area (Å²) in [5.74, 6) is -2.10. The van der Waals surface area contributed by atoms with Gasteiger partial charge in [-0.15, -0.1) is 0 Å². The molecule has 140 valence electrons. The summed E-state index contributed by atoms with van der Waals surface area (Å²) in [6, 6.07) is 15.2. The van der Waals surface area contributed by atoms with Crippen LogP contribution in [-0.2, 0) is 9.59 Å². The molecule has 0 radical (unpaired) electrons. The molecular formula is C21H22N2O4. The van der Waals surface area contributed by atoms with Gasteiger partial charge in [0, 0.05) is 24.2 Å². The maximum Gasteiger partial charge on any atom is 0.308 e.